The molecule has 8 nitrogen and oxygen atoms in total. The maximum atomic E-state index is 11.6. The average molecular weight is 475 g/mol. The van der Waals surface area contributed by atoms with E-state index in [1.165, 1.54) is 27.5 Å². The lowest BCUT2D eigenvalue weighted by Crippen LogP contribution is -2.42. The van der Waals surface area contributed by atoms with Gasteiger partial charge in [-0.15, -0.1) is 23.1 Å². The summed E-state index contributed by atoms with van der Waals surface area (Å²) < 4.78 is 23.2. The second-order valence-electron chi connectivity index (χ2n) is 7.47. The largest absolute Gasteiger partial charge is 0.324 e. The van der Waals surface area contributed by atoms with E-state index in [0.717, 1.165) is 49.1 Å². The molecule has 1 aromatic carbocycles. The number of anilines is 2. The van der Waals surface area contributed by atoms with E-state index in [4.69, 9.17) is 10.1 Å². The molecule has 162 valence electrons. The van der Waals surface area contributed by atoms with Crippen LogP contribution >= 0.6 is 23.1 Å². The van der Waals surface area contributed by atoms with Gasteiger partial charge >= 0.3 is 0 Å². The highest BCUT2D eigenvalue weighted by molar-refractivity contribution is 7.98. The quantitative estimate of drug-likeness (QED) is 0.517. The standard InChI is InChI=1S/C20H22N6O2S3/c21-31(27,28)15-3-1-2-13(8-15)24-20-23-10-17-19(25-20)16-9-14(30-18(16)12-29-17)11-26-6-4-22-5-7-26/h1-3,8-10,22H,4-7,11-12H2,(H2,21,27,28)(H,23,24,25). The summed E-state index contributed by atoms with van der Waals surface area (Å²) in [7, 11) is -3.77. The molecule has 2 aliphatic heterocycles. The summed E-state index contributed by atoms with van der Waals surface area (Å²) in [5.74, 6) is 1.36. The van der Waals surface area contributed by atoms with E-state index in [9.17, 15) is 8.42 Å². The fourth-order valence-corrected chi connectivity index (χ4v) is 6.55. The summed E-state index contributed by atoms with van der Waals surface area (Å²) in [5, 5.41) is 11.7. The zero-order valence-corrected chi connectivity index (χ0v) is 19.1. The van der Waals surface area contributed by atoms with Gasteiger partial charge in [0.1, 0.15) is 0 Å². The number of aromatic nitrogens is 2. The molecule has 3 aromatic rings. The van der Waals surface area contributed by atoms with E-state index in [1.807, 2.05) is 17.5 Å². The lowest BCUT2D eigenvalue weighted by Gasteiger charge is -2.26. The first-order valence-electron chi connectivity index (χ1n) is 9.90. The van der Waals surface area contributed by atoms with Gasteiger partial charge in [0.2, 0.25) is 16.0 Å². The Kier molecular flexibility index (Phi) is 5.71. The topological polar surface area (TPSA) is 113 Å². The Morgan fingerprint density at radius 1 is 1.23 bits per heavy atom. The molecule has 2 aromatic heterocycles. The molecule has 11 heteroatoms. The van der Waals surface area contributed by atoms with Crippen LogP contribution in [0.5, 0.6) is 0 Å². The molecule has 0 aliphatic carbocycles. The van der Waals surface area contributed by atoms with Crippen molar-refractivity contribution in [3.63, 3.8) is 0 Å². The van der Waals surface area contributed by atoms with E-state index >= 15 is 0 Å². The van der Waals surface area contributed by atoms with Crippen LogP contribution in [0.3, 0.4) is 0 Å². The van der Waals surface area contributed by atoms with E-state index < -0.39 is 10.0 Å². The van der Waals surface area contributed by atoms with Gasteiger partial charge in [-0.25, -0.2) is 23.5 Å². The Hall–Kier alpha value is -2.02. The molecule has 1 saturated heterocycles. The van der Waals surface area contributed by atoms with Gasteiger partial charge in [-0.05, 0) is 24.3 Å². The van der Waals surface area contributed by atoms with Crippen molar-refractivity contribution in [3.05, 3.63) is 46.3 Å². The summed E-state index contributed by atoms with van der Waals surface area (Å²) in [6.45, 7) is 5.19. The maximum absolute atomic E-state index is 11.6. The second-order valence-corrected chi connectivity index (χ2v) is 11.3. The molecule has 0 saturated carbocycles. The molecule has 0 bridgehead atoms. The lowest BCUT2D eigenvalue weighted by molar-refractivity contribution is 0.235. The predicted octanol–water partition coefficient (Wildman–Crippen LogP) is 2.61. The number of hydrogen-bond donors (Lipinski definition) is 3. The van der Waals surface area contributed by atoms with Gasteiger partial charge < -0.3 is 10.6 Å². The second kappa shape index (κ2) is 8.49. The number of nitrogens with two attached hydrogens (primary N) is 1. The number of hydrogen-bond acceptors (Lipinski definition) is 9. The summed E-state index contributed by atoms with van der Waals surface area (Å²) in [6, 6.07) is 8.60. The number of rotatable bonds is 5. The van der Waals surface area contributed by atoms with Crippen molar-refractivity contribution in [2.45, 2.75) is 22.1 Å². The van der Waals surface area contributed by atoms with Gasteiger partial charge in [-0.2, -0.15) is 0 Å². The molecule has 0 amide bonds. The van der Waals surface area contributed by atoms with Crippen molar-refractivity contribution < 1.29 is 8.42 Å². The van der Waals surface area contributed by atoms with Gasteiger partial charge in [0.15, 0.2) is 0 Å². The van der Waals surface area contributed by atoms with Gasteiger partial charge in [0, 0.05) is 65.7 Å². The number of nitrogens with one attached hydrogen (secondary N) is 2. The van der Waals surface area contributed by atoms with Crippen molar-refractivity contribution in [1.29, 1.82) is 0 Å². The van der Waals surface area contributed by atoms with Crippen LogP contribution in [0.15, 0.2) is 46.3 Å². The Bertz CT molecular complexity index is 1220. The number of thioether (sulfide) groups is 1. The van der Waals surface area contributed by atoms with Gasteiger partial charge in [-0.3, -0.25) is 4.90 Å². The number of fused-ring (bicyclic) bond motifs is 3. The number of piperazine rings is 1. The van der Waals surface area contributed by atoms with Crippen LogP contribution in [-0.2, 0) is 22.3 Å². The molecule has 1 fully saturated rings. The van der Waals surface area contributed by atoms with Crippen molar-refractivity contribution >= 4 is 44.8 Å². The van der Waals surface area contributed by atoms with Crippen LogP contribution in [0.4, 0.5) is 11.6 Å². The Labute approximate surface area is 189 Å². The molecule has 4 heterocycles. The summed E-state index contributed by atoms with van der Waals surface area (Å²) in [4.78, 5) is 15.5. The SMILES string of the molecule is NS(=O)(=O)c1cccc(Nc2ncc3c(n2)-c2cc(CN4CCNCC4)sc2CS3)c1. The zero-order valence-electron chi connectivity index (χ0n) is 16.7. The van der Waals surface area contributed by atoms with Gasteiger partial charge in [0.05, 0.1) is 15.5 Å². The fraction of sp³-hybridized carbons (Fsp3) is 0.300. The van der Waals surface area contributed by atoms with Gasteiger partial charge in [0.25, 0.3) is 0 Å². The van der Waals surface area contributed by atoms with Crippen LogP contribution in [0.2, 0.25) is 0 Å². The smallest absolute Gasteiger partial charge is 0.238 e. The van der Waals surface area contributed by atoms with Crippen LogP contribution in [0, 0.1) is 0 Å². The molecule has 0 spiro atoms. The van der Waals surface area contributed by atoms with Gasteiger partial charge in [-0.1, -0.05) is 6.07 Å². The predicted molar refractivity (Wildman–Crippen MR) is 124 cm³/mol. The maximum Gasteiger partial charge on any atom is 0.238 e. The van der Waals surface area contributed by atoms with E-state index in [-0.39, 0.29) is 4.90 Å². The highest BCUT2D eigenvalue weighted by Gasteiger charge is 2.23. The minimum Gasteiger partial charge on any atom is -0.324 e. The number of primary sulfonamides is 1. The third-order valence-electron chi connectivity index (χ3n) is 5.24. The van der Waals surface area contributed by atoms with Crippen LogP contribution in [-0.4, -0.2) is 49.5 Å². The number of thiophene rings is 1. The summed E-state index contributed by atoms with van der Waals surface area (Å²) in [6.07, 6.45) is 1.83. The monoisotopic (exact) mass is 474 g/mol. The zero-order chi connectivity index (χ0) is 21.4. The first-order chi connectivity index (χ1) is 15.0. The highest BCUT2D eigenvalue weighted by Crippen LogP contribution is 2.44. The lowest BCUT2D eigenvalue weighted by atomic mass is 10.1. The molecule has 5 rings (SSSR count). The minimum atomic E-state index is -3.77. The molecule has 0 atom stereocenters. The van der Waals surface area contributed by atoms with E-state index in [1.54, 1.807) is 23.9 Å². The first kappa shape index (κ1) is 20.9. The molecular formula is C20H22N6O2S3. The molecule has 0 radical (unpaired) electrons. The van der Waals surface area contributed by atoms with Crippen molar-refractivity contribution in [1.82, 2.24) is 20.2 Å². The number of nitrogens with zero attached hydrogens (tertiary/aromatic N) is 3. The van der Waals surface area contributed by atoms with E-state index in [2.05, 4.69) is 26.6 Å². The normalized spacial score (nSPS) is 16.5. The van der Waals surface area contributed by atoms with Crippen LogP contribution in [0.25, 0.3) is 11.3 Å². The average Bonchev–Trinajstić information content (AvgIpc) is 3.17. The fourth-order valence-electron chi connectivity index (χ4n) is 3.71. The summed E-state index contributed by atoms with van der Waals surface area (Å²) >= 11 is 3.61. The Morgan fingerprint density at radius 2 is 2.06 bits per heavy atom. The third-order valence-corrected chi connectivity index (χ3v) is 8.49. The first-order valence-corrected chi connectivity index (χ1v) is 13.3. The Balaban J connectivity index is 1.41. The number of benzene rings is 1. The van der Waals surface area contributed by atoms with Crippen molar-refractivity contribution in [2.75, 3.05) is 31.5 Å². The molecular weight excluding hydrogens is 452 g/mol. The molecule has 2 aliphatic rings. The van der Waals surface area contributed by atoms with Crippen LogP contribution < -0.4 is 15.8 Å². The van der Waals surface area contributed by atoms with Crippen molar-refractivity contribution in [3.8, 4) is 11.3 Å². The minimum absolute atomic E-state index is 0.0451. The molecule has 4 N–H and O–H groups in total. The number of sulfonamides is 1. The molecule has 31 heavy (non-hydrogen) atoms. The van der Waals surface area contributed by atoms with Crippen LogP contribution in [0.1, 0.15) is 9.75 Å². The molecule has 0 unspecified atom stereocenters. The highest BCUT2D eigenvalue weighted by atomic mass is 32.2. The van der Waals surface area contributed by atoms with Crippen molar-refractivity contribution in [2.24, 2.45) is 5.14 Å². The Morgan fingerprint density at radius 3 is 2.87 bits per heavy atom. The summed E-state index contributed by atoms with van der Waals surface area (Å²) in [5.41, 5.74) is 2.67. The third kappa shape index (κ3) is 4.61. The van der Waals surface area contributed by atoms with E-state index in [0.29, 0.717) is 11.6 Å².